The van der Waals surface area contributed by atoms with Crippen molar-refractivity contribution in [2.45, 2.75) is 37.8 Å². The van der Waals surface area contributed by atoms with Crippen molar-refractivity contribution >= 4 is 29.2 Å². The van der Waals surface area contributed by atoms with E-state index in [-0.39, 0.29) is 24.7 Å². The summed E-state index contributed by atoms with van der Waals surface area (Å²) in [5, 5.41) is 13.5. The lowest BCUT2D eigenvalue weighted by Crippen LogP contribution is -2.45. The molecule has 114 valence electrons. The van der Waals surface area contributed by atoms with E-state index >= 15 is 0 Å². The molecule has 1 unspecified atom stereocenters. The Balaban J connectivity index is 1.74. The Morgan fingerprint density at radius 1 is 1.38 bits per heavy atom. The number of aliphatic hydroxyl groups is 1. The standard InChI is InChI=1S/C15H18Cl2N2O2/c16-12-5-3-10-11(14(12)17)4-6-13(10)18-15(21)19-7-1-2-9(19)8-20/h3,5,9,13,20H,1-2,4,6-8H2,(H,18,21)/t9-,13?/m0/s1. The molecular formula is C15H18Cl2N2O2. The van der Waals surface area contributed by atoms with Gasteiger partial charge in [-0.3, -0.25) is 0 Å². The molecule has 0 aromatic heterocycles. The zero-order valence-corrected chi connectivity index (χ0v) is 13.1. The van der Waals surface area contributed by atoms with Crippen LogP contribution in [0.2, 0.25) is 10.0 Å². The molecule has 3 rings (SSSR count). The summed E-state index contributed by atoms with van der Waals surface area (Å²) in [7, 11) is 0. The fraction of sp³-hybridized carbons (Fsp3) is 0.533. The molecule has 21 heavy (non-hydrogen) atoms. The number of benzene rings is 1. The normalized spacial score (nSPS) is 24.2. The molecule has 2 N–H and O–H groups in total. The molecule has 2 amide bonds. The third-order valence-electron chi connectivity index (χ3n) is 4.44. The summed E-state index contributed by atoms with van der Waals surface area (Å²) in [6.07, 6.45) is 3.47. The number of carbonyl (C=O) groups is 1. The SMILES string of the molecule is O=C(NC1CCc2c1ccc(Cl)c2Cl)N1CCC[C@H]1CO. The molecule has 0 radical (unpaired) electrons. The summed E-state index contributed by atoms with van der Waals surface area (Å²) in [6.45, 7) is 0.730. The lowest BCUT2D eigenvalue weighted by Gasteiger charge is -2.25. The van der Waals surface area contributed by atoms with Gasteiger partial charge in [0, 0.05) is 6.54 Å². The molecule has 1 aromatic carbocycles. The molecular weight excluding hydrogens is 311 g/mol. The van der Waals surface area contributed by atoms with Crippen LogP contribution in [0.25, 0.3) is 0 Å². The summed E-state index contributed by atoms with van der Waals surface area (Å²) < 4.78 is 0. The average molecular weight is 329 g/mol. The fourth-order valence-corrected chi connectivity index (χ4v) is 3.75. The van der Waals surface area contributed by atoms with E-state index in [4.69, 9.17) is 23.2 Å². The van der Waals surface area contributed by atoms with Crippen molar-refractivity contribution in [2.75, 3.05) is 13.2 Å². The Morgan fingerprint density at radius 2 is 2.19 bits per heavy atom. The third kappa shape index (κ3) is 2.72. The first kappa shape index (κ1) is 14.9. The minimum Gasteiger partial charge on any atom is -0.394 e. The topological polar surface area (TPSA) is 52.6 Å². The summed E-state index contributed by atoms with van der Waals surface area (Å²) in [5.74, 6) is 0. The zero-order chi connectivity index (χ0) is 15.0. The monoisotopic (exact) mass is 328 g/mol. The van der Waals surface area contributed by atoms with E-state index in [0.717, 1.165) is 36.8 Å². The molecule has 1 aliphatic carbocycles. The van der Waals surface area contributed by atoms with Gasteiger partial charge >= 0.3 is 6.03 Å². The maximum atomic E-state index is 12.4. The Morgan fingerprint density at radius 3 is 2.95 bits per heavy atom. The van der Waals surface area contributed by atoms with Crippen molar-refractivity contribution < 1.29 is 9.90 Å². The number of amides is 2. The maximum Gasteiger partial charge on any atom is 0.318 e. The van der Waals surface area contributed by atoms with Gasteiger partial charge in [0.05, 0.1) is 28.7 Å². The lowest BCUT2D eigenvalue weighted by molar-refractivity contribution is 0.154. The van der Waals surface area contributed by atoms with Gasteiger partial charge < -0.3 is 15.3 Å². The van der Waals surface area contributed by atoms with Crippen LogP contribution in [-0.2, 0) is 6.42 Å². The van der Waals surface area contributed by atoms with Crippen molar-refractivity contribution in [3.05, 3.63) is 33.3 Å². The zero-order valence-electron chi connectivity index (χ0n) is 11.6. The fourth-order valence-electron chi connectivity index (χ4n) is 3.31. The van der Waals surface area contributed by atoms with Gasteiger partial charge in [0.1, 0.15) is 0 Å². The van der Waals surface area contributed by atoms with E-state index in [2.05, 4.69) is 5.32 Å². The van der Waals surface area contributed by atoms with Crippen LogP contribution in [0.1, 0.15) is 36.4 Å². The molecule has 6 heteroatoms. The van der Waals surface area contributed by atoms with Crippen molar-refractivity contribution in [3.63, 3.8) is 0 Å². The lowest BCUT2D eigenvalue weighted by atomic mass is 10.1. The molecule has 0 saturated carbocycles. The Hall–Kier alpha value is -0.970. The number of hydrogen-bond donors (Lipinski definition) is 2. The van der Waals surface area contributed by atoms with Crippen molar-refractivity contribution in [3.8, 4) is 0 Å². The number of rotatable bonds is 2. The molecule has 0 bridgehead atoms. The number of nitrogens with one attached hydrogen (secondary N) is 1. The predicted molar refractivity (Wildman–Crippen MR) is 82.9 cm³/mol. The van der Waals surface area contributed by atoms with Crippen LogP contribution in [0.15, 0.2) is 12.1 Å². The molecule has 1 aliphatic heterocycles. The highest BCUT2D eigenvalue weighted by Crippen LogP contribution is 2.39. The van der Waals surface area contributed by atoms with Gasteiger partial charge in [-0.15, -0.1) is 0 Å². The van der Waals surface area contributed by atoms with E-state index in [9.17, 15) is 9.90 Å². The van der Waals surface area contributed by atoms with Crippen molar-refractivity contribution in [2.24, 2.45) is 0 Å². The molecule has 2 atom stereocenters. The number of halogens is 2. The first-order valence-electron chi connectivity index (χ1n) is 7.26. The Labute approximate surface area is 134 Å². The van der Waals surface area contributed by atoms with E-state index in [1.54, 1.807) is 11.0 Å². The van der Waals surface area contributed by atoms with Crippen LogP contribution in [-0.4, -0.2) is 35.2 Å². The smallest absolute Gasteiger partial charge is 0.318 e. The van der Waals surface area contributed by atoms with E-state index in [0.29, 0.717) is 16.6 Å². The van der Waals surface area contributed by atoms with Crippen molar-refractivity contribution in [1.29, 1.82) is 0 Å². The molecule has 0 spiro atoms. The molecule has 1 saturated heterocycles. The average Bonchev–Trinajstić information content (AvgIpc) is 3.10. The second-order valence-electron chi connectivity index (χ2n) is 5.64. The van der Waals surface area contributed by atoms with Crippen LogP contribution in [0.3, 0.4) is 0 Å². The number of carbonyl (C=O) groups excluding carboxylic acids is 1. The second-order valence-corrected chi connectivity index (χ2v) is 6.43. The summed E-state index contributed by atoms with van der Waals surface area (Å²) in [4.78, 5) is 14.1. The second kappa shape index (κ2) is 6.03. The molecule has 2 aliphatic rings. The number of aliphatic hydroxyl groups excluding tert-OH is 1. The number of hydrogen-bond acceptors (Lipinski definition) is 2. The van der Waals surface area contributed by atoms with Gasteiger partial charge in [-0.05, 0) is 42.9 Å². The first-order valence-corrected chi connectivity index (χ1v) is 8.02. The van der Waals surface area contributed by atoms with Crippen LogP contribution in [0.4, 0.5) is 4.79 Å². The predicted octanol–water partition coefficient (Wildman–Crippen LogP) is 3.15. The number of likely N-dealkylation sites (tertiary alicyclic amines) is 1. The van der Waals surface area contributed by atoms with Gasteiger partial charge in [0.2, 0.25) is 0 Å². The van der Waals surface area contributed by atoms with Gasteiger partial charge in [-0.2, -0.15) is 0 Å². The summed E-state index contributed by atoms with van der Waals surface area (Å²) >= 11 is 12.3. The summed E-state index contributed by atoms with van der Waals surface area (Å²) in [5.41, 5.74) is 2.09. The molecule has 1 heterocycles. The molecule has 1 aromatic rings. The minimum absolute atomic E-state index is 0.0239. The van der Waals surface area contributed by atoms with Crippen LogP contribution in [0, 0.1) is 0 Å². The van der Waals surface area contributed by atoms with Gasteiger partial charge in [-0.25, -0.2) is 4.79 Å². The molecule has 4 nitrogen and oxygen atoms in total. The summed E-state index contributed by atoms with van der Waals surface area (Å²) in [6, 6.07) is 3.53. The Bertz CT molecular complexity index is 565. The minimum atomic E-state index is -0.101. The quantitative estimate of drug-likeness (QED) is 0.876. The van der Waals surface area contributed by atoms with E-state index < -0.39 is 0 Å². The van der Waals surface area contributed by atoms with E-state index in [1.807, 2.05) is 6.07 Å². The van der Waals surface area contributed by atoms with Gasteiger partial charge in [-0.1, -0.05) is 29.3 Å². The van der Waals surface area contributed by atoms with Crippen LogP contribution < -0.4 is 5.32 Å². The van der Waals surface area contributed by atoms with Gasteiger partial charge in [0.15, 0.2) is 0 Å². The highest BCUT2D eigenvalue weighted by Gasteiger charge is 2.32. The number of fused-ring (bicyclic) bond motifs is 1. The Kier molecular flexibility index (Phi) is 4.29. The van der Waals surface area contributed by atoms with Crippen LogP contribution >= 0.6 is 23.2 Å². The largest absolute Gasteiger partial charge is 0.394 e. The maximum absolute atomic E-state index is 12.4. The highest BCUT2D eigenvalue weighted by molar-refractivity contribution is 6.42. The van der Waals surface area contributed by atoms with Crippen LogP contribution in [0.5, 0.6) is 0 Å². The number of urea groups is 1. The van der Waals surface area contributed by atoms with Crippen molar-refractivity contribution in [1.82, 2.24) is 10.2 Å². The highest BCUT2D eigenvalue weighted by atomic mass is 35.5. The van der Waals surface area contributed by atoms with Gasteiger partial charge in [0.25, 0.3) is 0 Å². The molecule has 1 fully saturated rings. The van der Waals surface area contributed by atoms with E-state index in [1.165, 1.54) is 0 Å². The third-order valence-corrected chi connectivity index (χ3v) is 5.28. The first-order chi connectivity index (χ1) is 10.1. The number of nitrogens with zero attached hydrogens (tertiary/aromatic N) is 1.